The first-order valence-corrected chi connectivity index (χ1v) is 9.24. The Hall–Kier alpha value is -0.780. The summed E-state index contributed by atoms with van der Waals surface area (Å²) in [7, 11) is -1.41. The molecule has 0 fully saturated rings. The summed E-state index contributed by atoms with van der Waals surface area (Å²) in [6, 6.07) is 3.57. The van der Waals surface area contributed by atoms with Crippen LogP contribution in [-0.2, 0) is 22.7 Å². The van der Waals surface area contributed by atoms with Crippen molar-refractivity contribution in [2.45, 2.75) is 37.5 Å². The van der Waals surface area contributed by atoms with Gasteiger partial charge < -0.3 is 10.1 Å². The molecule has 4 nitrogen and oxygen atoms in total. The van der Waals surface area contributed by atoms with Gasteiger partial charge in [0.05, 0.1) is 11.4 Å². The second-order valence-corrected chi connectivity index (χ2v) is 9.11. The molecule has 0 amide bonds. The molecule has 21 heavy (non-hydrogen) atoms. The van der Waals surface area contributed by atoms with Gasteiger partial charge in [-0.05, 0) is 50.6 Å². The van der Waals surface area contributed by atoms with Gasteiger partial charge in [0.15, 0.2) is 9.84 Å². The average molecular weight is 332 g/mol. The quantitative estimate of drug-likeness (QED) is 0.899. The Kier molecular flexibility index (Phi) is 4.57. The summed E-state index contributed by atoms with van der Waals surface area (Å²) in [5.41, 5.74) is 2.07. The molecule has 0 aliphatic carbocycles. The van der Waals surface area contributed by atoms with E-state index in [9.17, 15) is 8.42 Å². The van der Waals surface area contributed by atoms with E-state index in [1.165, 1.54) is 6.26 Å². The highest BCUT2D eigenvalue weighted by Crippen LogP contribution is 2.35. The van der Waals surface area contributed by atoms with E-state index in [0.29, 0.717) is 18.1 Å². The van der Waals surface area contributed by atoms with E-state index in [1.807, 2.05) is 12.1 Å². The van der Waals surface area contributed by atoms with Crippen molar-refractivity contribution >= 4 is 21.4 Å². The normalized spacial score (nSPS) is 16.4. The largest absolute Gasteiger partial charge is 0.493 e. The van der Waals surface area contributed by atoms with Gasteiger partial charge in [-0.1, -0.05) is 11.6 Å². The Labute approximate surface area is 131 Å². The Morgan fingerprint density at radius 2 is 2.10 bits per heavy atom. The molecular formula is C15H22ClNO3S. The van der Waals surface area contributed by atoms with Crippen molar-refractivity contribution in [2.24, 2.45) is 0 Å². The number of halogens is 1. The topological polar surface area (TPSA) is 55.4 Å². The first-order chi connectivity index (χ1) is 9.66. The molecule has 1 N–H and O–H groups in total. The van der Waals surface area contributed by atoms with E-state index in [0.717, 1.165) is 23.3 Å². The molecule has 1 heterocycles. The lowest BCUT2D eigenvalue weighted by atomic mass is 9.94. The van der Waals surface area contributed by atoms with Gasteiger partial charge >= 0.3 is 0 Å². The molecule has 1 aromatic rings. The zero-order chi connectivity index (χ0) is 15.8. The number of hydrogen-bond donors (Lipinski definition) is 1. The fourth-order valence-electron chi connectivity index (χ4n) is 2.67. The maximum absolute atomic E-state index is 12.0. The van der Waals surface area contributed by atoms with E-state index in [2.05, 4.69) is 5.32 Å². The van der Waals surface area contributed by atoms with E-state index in [-0.39, 0.29) is 6.04 Å². The summed E-state index contributed by atoms with van der Waals surface area (Å²) in [6.07, 6.45) is 2.68. The molecule has 0 saturated heterocycles. The van der Waals surface area contributed by atoms with Crippen LogP contribution in [0.1, 0.15) is 25.0 Å². The summed E-state index contributed by atoms with van der Waals surface area (Å²) >= 11 is 6.17. The molecule has 6 heteroatoms. The minimum atomic E-state index is -3.19. The maximum Gasteiger partial charge on any atom is 0.154 e. The molecule has 2 rings (SSSR count). The van der Waals surface area contributed by atoms with Crippen molar-refractivity contribution in [3.63, 3.8) is 0 Å². The summed E-state index contributed by atoms with van der Waals surface area (Å²) < 4.78 is 28.9. The number of nitrogens with one attached hydrogen (secondary N) is 1. The predicted molar refractivity (Wildman–Crippen MR) is 86.1 cm³/mol. The zero-order valence-electron chi connectivity index (χ0n) is 12.9. The van der Waals surface area contributed by atoms with Crippen LogP contribution in [-0.4, -0.2) is 39.1 Å². The number of hydrogen-bond acceptors (Lipinski definition) is 4. The second-order valence-electron chi connectivity index (χ2n) is 6.07. The summed E-state index contributed by atoms with van der Waals surface area (Å²) in [4.78, 5) is 0. The van der Waals surface area contributed by atoms with Crippen LogP contribution in [0.15, 0.2) is 12.1 Å². The van der Waals surface area contributed by atoms with Gasteiger partial charge in [-0.25, -0.2) is 8.42 Å². The maximum atomic E-state index is 12.0. The van der Waals surface area contributed by atoms with Gasteiger partial charge in [-0.15, -0.1) is 0 Å². The van der Waals surface area contributed by atoms with Crippen LogP contribution in [0, 0.1) is 0 Å². The number of likely N-dealkylation sites (N-methyl/N-ethyl adjacent to an activating group) is 1. The molecule has 0 bridgehead atoms. The van der Waals surface area contributed by atoms with Gasteiger partial charge in [0, 0.05) is 23.7 Å². The lowest BCUT2D eigenvalue weighted by Gasteiger charge is -2.33. The molecule has 0 radical (unpaired) electrons. The highest BCUT2D eigenvalue weighted by molar-refractivity contribution is 7.92. The fraction of sp³-hybridized carbons (Fsp3) is 0.600. The number of fused-ring (bicyclic) bond motifs is 1. The van der Waals surface area contributed by atoms with Crippen LogP contribution in [0.5, 0.6) is 5.75 Å². The van der Waals surface area contributed by atoms with Crippen LogP contribution >= 0.6 is 11.6 Å². The molecule has 0 spiro atoms. The highest BCUT2D eigenvalue weighted by Gasteiger charge is 2.38. The predicted octanol–water partition coefficient (Wildman–Crippen LogP) is 2.23. The molecule has 0 aromatic heterocycles. The smallest absolute Gasteiger partial charge is 0.154 e. The third-order valence-electron chi connectivity index (χ3n) is 4.39. The minimum absolute atomic E-state index is 0.223. The number of sulfone groups is 1. The van der Waals surface area contributed by atoms with Gasteiger partial charge in [0.2, 0.25) is 0 Å². The SMILES string of the molecule is CNC(Cc1cc(Cl)cc2c1OCC2)C(C)(C)S(C)(=O)=O. The van der Waals surface area contributed by atoms with E-state index < -0.39 is 14.6 Å². The minimum Gasteiger partial charge on any atom is -0.493 e. The standard InChI is InChI=1S/C15H22ClNO3S/c1-15(2,21(4,18)19)13(17-3)9-11-8-12(16)7-10-5-6-20-14(10)11/h7-8,13,17H,5-6,9H2,1-4H3. The van der Waals surface area contributed by atoms with Crippen molar-refractivity contribution in [3.05, 3.63) is 28.3 Å². The second kappa shape index (κ2) is 5.78. The van der Waals surface area contributed by atoms with Crippen molar-refractivity contribution in [3.8, 4) is 5.75 Å². The highest BCUT2D eigenvalue weighted by atomic mass is 35.5. The van der Waals surface area contributed by atoms with Crippen LogP contribution in [0.2, 0.25) is 5.02 Å². The van der Waals surface area contributed by atoms with E-state index in [1.54, 1.807) is 20.9 Å². The average Bonchev–Trinajstić information content (AvgIpc) is 2.81. The summed E-state index contributed by atoms with van der Waals surface area (Å²) in [5, 5.41) is 3.80. The van der Waals surface area contributed by atoms with E-state index >= 15 is 0 Å². The fourth-order valence-corrected chi connectivity index (χ4v) is 3.65. The molecule has 0 saturated carbocycles. The van der Waals surface area contributed by atoms with Crippen LogP contribution < -0.4 is 10.1 Å². The van der Waals surface area contributed by atoms with Gasteiger partial charge in [-0.2, -0.15) is 0 Å². The third-order valence-corrected chi connectivity index (χ3v) is 6.81. The lowest BCUT2D eigenvalue weighted by molar-refractivity contribution is 0.349. The van der Waals surface area contributed by atoms with Crippen molar-refractivity contribution in [2.75, 3.05) is 19.9 Å². The van der Waals surface area contributed by atoms with Gasteiger partial charge in [-0.3, -0.25) is 0 Å². The van der Waals surface area contributed by atoms with Crippen LogP contribution in [0.3, 0.4) is 0 Å². The van der Waals surface area contributed by atoms with Gasteiger partial charge in [0.1, 0.15) is 5.75 Å². The van der Waals surface area contributed by atoms with Crippen molar-refractivity contribution in [1.82, 2.24) is 5.32 Å². The Morgan fingerprint density at radius 1 is 1.43 bits per heavy atom. The van der Waals surface area contributed by atoms with Crippen molar-refractivity contribution < 1.29 is 13.2 Å². The first-order valence-electron chi connectivity index (χ1n) is 6.97. The monoisotopic (exact) mass is 331 g/mol. The van der Waals surface area contributed by atoms with Gasteiger partial charge in [0.25, 0.3) is 0 Å². The zero-order valence-corrected chi connectivity index (χ0v) is 14.4. The first kappa shape index (κ1) is 16.6. The number of ether oxygens (including phenoxy) is 1. The third kappa shape index (κ3) is 3.20. The van der Waals surface area contributed by atoms with Crippen LogP contribution in [0.4, 0.5) is 0 Å². The van der Waals surface area contributed by atoms with Crippen molar-refractivity contribution in [1.29, 1.82) is 0 Å². The Balaban J connectivity index is 2.37. The van der Waals surface area contributed by atoms with Crippen LogP contribution in [0.25, 0.3) is 0 Å². The lowest BCUT2D eigenvalue weighted by Crippen LogP contribution is -2.51. The molecule has 1 aromatic carbocycles. The Bertz CT molecular complexity index is 641. The molecule has 1 aliphatic heterocycles. The molecule has 1 aliphatic rings. The molecule has 1 unspecified atom stereocenters. The van der Waals surface area contributed by atoms with E-state index in [4.69, 9.17) is 16.3 Å². The Morgan fingerprint density at radius 3 is 2.67 bits per heavy atom. The summed E-state index contributed by atoms with van der Waals surface area (Å²) in [5.74, 6) is 0.865. The molecule has 118 valence electrons. The molecular weight excluding hydrogens is 310 g/mol. The number of rotatable bonds is 5. The number of benzene rings is 1. The molecule has 1 atom stereocenters. The summed E-state index contributed by atoms with van der Waals surface area (Å²) in [6.45, 7) is 4.15.